The summed E-state index contributed by atoms with van der Waals surface area (Å²) in [5.74, 6) is 1.61. The third-order valence-electron chi connectivity index (χ3n) is 3.70. The maximum Gasteiger partial charge on any atom is 0.234 e. The molecule has 0 amide bonds. The average Bonchev–Trinajstić information content (AvgIpc) is 3.18. The molecule has 3 heterocycles. The normalized spacial score (nSPS) is 11.1. The first kappa shape index (κ1) is 15.2. The number of aryl methyl sites for hydroxylation is 1. The number of imidazole rings is 1. The average molecular weight is 353 g/mol. The maximum atomic E-state index is 5.20. The number of fused-ring (bicyclic) bond motifs is 1. The van der Waals surface area contributed by atoms with Gasteiger partial charge in [0.15, 0.2) is 0 Å². The van der Waals surface area contributed by atoms with Gasteiger partial charge in [-0.2, -0.15) is 0 Å². The van der Waals surface area contributed by atoms with Crippen LogP contribution in [-0.2, 0) is 0 Å². The Labute approximate surface area is 148 Å². The van der Waals surface area contributed by atoms with Crippen molar-refractivity contribution < 1.29 is 4.74 Å². The summed E-state index contributed by atoms with van der Waals surface area (Å²) >= 11 is 3.49. The number of thiophene rings is 1. The molecule has 6 heteroatoms. The molecule has 0 N–H and O–H groups in total. The molecule has 1 aromatic carbocycles. The summed E-state index contributed by atoms with van der Waals surface area (Å²) in [6.07, 6.45) is 3.77. The second kappa shape index (κ2) is 6.30. The fourth-order valence-corrected chi connectivity index (χ4v) is 4.53. The first-order chi connectivity index (χ1) is 11.7. The number of benzene rings is 1. The van der Waals surface area contributed by atoms with Crippen molar-refractivity contribution in [3.8, 4) is 17.0 Å². The Balaban J connectivity index is 1.65. The lowest BCUT2D eigenvalue weighted by Gasteiger charge is -2.01. The lowest BCUT2D eigenvalue weighted by molar-refractivity contribution is 0.414. The van der Waals surface area contributed by atoms with Gasteiger partial charge in [0.2, 0.25) is 5.78 Å². The molecule has 3 aromatic heterocycles. The Bertz CT molecular complexity index is 989. The Morgan fingerprint density at radius 1 is 1.21 bits per heavy atom. The van der Waals surface area contributed by atoms with E-state index < -0.39 is 0 Å². The van der Waals surface area contributed by atoms with Gasteiger partial charge < -0.3 is 4.74 Å². The Morgan fingerprint density at radius 3 is 2.83 bits per heavy atom. The number of rotatable bonds is 4. The first-order valence-electron chi connectivity index (χ1n) is 7.45. The van der Waals surface area contributed by atoms with Crippen molar-refractivity contribution in [2.24, 2.45) is 0 Å². The standard InChI is InChI=1S/C18H15N3OS2/c1-12-17(21-9-3-8-19-18(21)20-12)13-10-16(23-11-13)24-15-6-4-14(22-2)5-7-15/h3-11H,1-2H3. The van der Waals surface area contributed by atoms with Gasteiger partial charge in [-0.1, -0.05) is 11.8 Å². The van der Waals surface area contributed by atoms with Crippen LogP contribution in [0, 0.1) is 6.92 Å². The molecule has 0 bridgehead atoms. The molecule has 120 valence electrons. The van der Waals surface area contributed by atoms with Crippen LogP contribution in [0.5, 0.6) is 5.75 Å². The van der Waals surface area contributed by atoms with E-state index in [4.69, 9.17) is 4.74 Å². The molecule has 24 heavy (non-hydrogen) atoms. The summed E-state index contributed by atoms with van der Waals surface area (Å²) in [7, 11) is 1.68. The first-order valence-corrected chi connectivity index (χ1v) is 9.15. The van der Waals surface area contributed by atoms with E-state index >= 15 is 0 Å². The molecule has 0 aliphatic carbocycles. The molecule has 0 spiro atoms. The van der Waals surface area contributed by atoms with E-state index in [1.807, 2.05) is 35.7 Å². The van der Waals surface area contributed by atoms with Crippen LogP contribution >= 0.6 is 23.1 Å². The van der Waals surface area contributed by atoms with Gasteiger partial charge in [-0.05, 0) is 43.3 Å². The van der Waals surface area contributed by atoms with E-state index in [1.165, 1.54) is 14.7 Å². The fraction of sp³-hybridized carbons (Fsp3) is 0.111. The molecule has 0 aliphatic rings. The summed E-state index contributed by atoms with van der Waals surface area (Å²) < 4.78 is 8.49. The lowest BCUT2D eigenvalue weighted by Crippen LogP contribution is -1.88. The monoisotopic (exact) mass is 353 g/mol. The van der Waals surface area contributed by atoms with Gasteiger partial charge >= 0.3 is 0 Å². The van der Waals surface area contributed by atoms with E-state index in [9.17, 15) is 0 Å². The SMILES string of the molecule is COc1ccc(Sc2cc(-c3c(C)nc4ncccn34)cs2)cc1. The zero-order valence-corrected chi connectivity index (χ0v) is 14.9. The molecule has 0 radical (unpaired) electrons. The van der Waals surface area contributed by atoms with Crippen molar-refractivity contribution in [1.29, 1.82) is 0 Å². The van der Waals surface area contributed by atoms with Crippen LogP contribution in [-0.4, -0.2) is 21.5 Å². The minimum atomic E-state index is 0.737. The number of methoxy groups -OCH3 is 1. The van der Waals surface area contributed by atoms with E-state index in [2.05, 4.69) is 33.5 Å². The van der Waals surface area contributed by atoms with Crippen LogP contribution in [0.3, 0.4) is 0 Å². The van der Waals surface area contributed by atoms with Crippen LogP contribution in [0.15, 0.2) is 63.3 Å². The highest BCUT2D eigenvalue weighted by molar-refractivity contribution is 8.01. The zero-order valence-electron chi connectivity index (χ0n) is 13.3. The number of hydrogen-bond donors (Lipinski definition) is 0. The van der Waals surface area contributed by atoms with Gasteiger partial charge in [0.05, 0.1) is 22.7 Å². The highest BCUT2D eigenvalue weighted by atomic mass is 32.2. The summed E-state index contributed by atoms with van der Waals surface area (Å²) in [4.78, 5) is 10.0. The van der Waals surface area contributed by atoms with Crippen molar-refractivity contribution in [3.63, 3.8) is 0 Å². The van der Waals surface area contributed by atoms with Gasteiger partial charge in [-0.15, -0.1) is 11.3 Å². The van der Waals surface area contributed by atoms with E-state index in [1.54, 1.807) is 36.4 Å². The van der Waals surface area contributed by atoms with Crippen molar-refractivity contribution in [1.82, 2.24) is 14.4 Å². The van der Waals surface area contributed by atoms with Gasteiger partial charge in [0.1, 0.15) is 5.75 Å². The van der Waals surface area contributed by atoms with Crippen molar-refractivity contribution in [2.45, 2.75) is 16.0 Å². The summed E-state index contributed by atoms with van der Waals surface area (Å²) in [5.41, 5.74) is 3.28. The van der Waals surface area contributed by atoms with Crippen molar-refractivity contribution in [2.75, 3.05) is 7.11 Å². The molecule has 0 saturated carbocycles. The van der Waals surface area contributed by atoms with Crippen LogP contribution < -0.4 is 4.74 Å². The minimum Gasteiger partial charge on any atom is -0.497 e. The van der Waals surface area contributed by atoms with Crippen molar-refractivity contribution >= 4 is 28.9 Å². The molecular formula is C18H15N3OS2. The third-order valence-corrected chi connectivity index (χ3v) is 5.79. The smallest absolute Gasteiger partial charge is 0.234 e. The second-order valence-corrected chi connectivity index (χ2v) is 7.55. The summed E-state index contributed by atoms with van der Waals surface area (Å²) in [6.45, 7) is 2.03. The molecule has 4 nitrogen and oxygen atoms in total. The Morgan fingerprint density at radius 2 is 2.04 bits per heavy atom. The number of hydrogen-bond acceptors (Lipinski definition) is 5. The van der Waals surface area contributed by atoms with Crippen LogP contribution in [0.2, 0.25) is 0 Å². The Hall–Kier alpha value is -2.31. The van der Waals surface area contributed by atoms with Crippen LogP contribution in [0.25, 0.3) is 17.0 Å². The molecule has 0 unspecified atom stereocenters. The van der Waals surface area contributed by atoms with Crippen LogP contribution in [0.1, 0.15) is 5.69 Å². The van der Waals surface area contributed by atoms with Crippen LogP contribution in [0.4, 0.5) is 0 Å². The minimum absolute atomic E-state index is 0.737. The quantitative estimate of drug-likeness (QED) is 0.522. The van der Waals surface area contributed by atoms with Gasteiger partial charge in [-0.3, -0.25) is 4.40 Å². The number of aromatic nitrogens is 3. The molecule has 4 rings (SSSR count). The molecular weight excluding hydrogens is 338 g/mol. The predicted molar refractivity (Wildman–Crippen MR) is 98.2 cm³/mol. The van der Waals surface area contributed by atoms with E-state index in [0.29, 0.717) is 0 Å². The van der Waals surface area contributed by atoms with Crippen molar-refractivity contribution in [3.05, 3.63) is 59.9 Å². The second-order valence-electron chi connectivity index (χ2n) is 5.27. The molecule has 0 fully saturated rings. The van der Waals surface area contributed by atoms with Gasteiger partial charge in [-0.25, -0.2) is 9.97 Å². The lowest BCUT2D eigenvalue weighted by atomic mass is 10.2. The molecule has 0 atom stereocenters. The highest BCUT2D eigenvalue weighted by Gasteiger charge is 2.13. The van der Waals surface area contributed by atoms with Gasteiger partial charge in [0.25, 0.3) is 0 Å². The highest BCUT2D eigenvalue weighted by Crippen LogP contribution is 2.37. The third kappa shape index (κ3) is 2.79. The molecule has 0 saturated heterocycles. The number of nitrogens with zero attached hydrogens (tertiary/aromatic N) is 3. The summed E-state index contributed by atoms with van der Waals surface area (Å²) in [5, 5.41) is 2.18. The largest absolute Gasteiger partial charge is 0.497 e. The zero-order chi connectivity index (χ0) is 16.5. The maximum absolute atomic E-state index is 5.20. The number of ether oxygens (including phenoxy) is 1. The summed E-state index contributed by atoms with van der Waals surface area (Å²) in [6, 6.07) is 12.3. The molecule has 0 aliphatic heterocycles. The van der Waals surface area contributed by atoms with E-state index in [0.717, 1.165) is 22.9 Å². The predicted octanol–water partition coefficient (Wildman–Crippen LogP) is 4.93. The topological polar surface area (TPSA) is 39.4 Å². The molecule has 4 aromatic rings. The Kier molecular flexibility index (Phi) is 4.00. The van der Waals surface area contributed by atoms with Gasteiger partial charge in [0, 0.05) is 28.2 Å². The van der Waals surface area contributed by atoms with E-state index in [-0.39, 0.29) is 0 Å². The fourth-order valence-electron chi connectivity index (χ4n) is 2.60.